The average molecular weight is 345 g/mol. The first kappa shape index (κ1) is 16.5. The number of nitrogens with one attached hydrogen (secondary N) is 2. The van der Waals surface area contributed by atoms with Gasteiger partial charge in [0.05, 0.1) is 4.90 Å². The Morgan fingerprint density at radius 3 is 2.67 bits per heavy atom. The van der Waals surface area contributed by atoms with E-state index in [0.717, 1.165) is 10.4 Å². The highest BCUT2D eigenvalue weighted by Crippen LogP contribution is 2.24. The van der Waals surface area contributed by atoms with Crippen molar-refractivity contribution in [3.05, 3.63) is 50.7 Å². The van der Waals surface area contributed by atoms with Gasteiger partial charge in [0.15, 0.2) is 0 Å². The predicted octanol–water partition coefficient (Wildman–Crippen LogP) is 2.91. The Morgan fingerprint density at radius 2 is 2.05 bits per heavy atom. The molecule has 4 nitrogen and oxygen atoms in total. The fraction of sp³-hybridized carbons (Fsp3) is 0.286. The van der Waals surface area contributed by atoms with Gasteiger partial charge in [-0.05, 0) is 48.7 Å². The van der Waals surface area contributed by atoms with Gasteiger partial charge in [0, 0.05) is 23.0 Å². The van der Waals surface area contributed by atoms with Gasteiger partial charge in [0.2, 0.25) is 10.0 Å². The third-order valence-corrected chi connectivity index (χ3v) is 5.73. The molecule has 0 bridgehead atoms. The zero-order chi connectivity index (χ0) is 15.5. The van der Waals surface area contributed by atoms with Gasteiger partial charge in [-0.3, -0.25) is 0 Å². The van der Waals surface area contributed by atoms with Crippen molar-refractivity contribution in [1.29, 1.82) is 0 Å². The van der Waals surface area contributed by atoms with Crippen LogP contribution in [0, 0.1) is 6.92 Å². The van der Waals surface area contributed by atoms with E-state index in [9.17, 15) is 8.42 Å². The molecule has 0 aliphatic rings. The van der Waals surface area contributed by atoms with Gasteiger partial charge in [-0.15, -0.1) is 11.3 Å². The summed E-state index contributed by atoms with van der Waals surface area (Å²) in [5.41, 5.74) is 1.59. The molecule has 0 radical (unpaired) electrons. The quantitative estimate of drug-likeness (QED) is 0.847. The molecule has 1 heterocycles. The molecular weight excluding hydrogens is 328 g/mol. The second-order valence-corrected chi connectivity index (χ2v) is 7.83. The standard InChI is InChI=1S/C14H17ClN2O2S2/c1-10-11(8-16-2)6-12(15)7-14(10)21(18,19)17-9-13-4-3-5-20-13/h3-7,16-17H,8-9H2,1-2H3. The maximum Gasteiger partial charge on any atom is 0.241 e. The minimum atomic E-state index is -3.59. The summed E-state index contributed by atoms with van der Waals surface area (Å²) in [6.07, 6.45) is 0. The van der Waals surface area contributed by atoms with Gasteiger partial charge in [0.25, 0.3) is 0 Å². The van der Waals surface area contributed by atoms with Crippen molar-refractivity contribution in [3.63, 3.8) is 0 Å². The van der Waals surface area contributed by atoms with Crippen LogP contribution >= 0.6 is 22.9 Å². The van der Waals surface area contributed by atoms with Crippen molar-refractivity contribution in [2.45, 2.75) is 24.9 Å². The van der Waals surface area contributed by atoms with Crippen LogP contribution in [0.2, 0.25) is 5.02 Å². The van der Waals surface area contributed by atoms with Crippen molar-refractivity contribution < 1.29 is 8.42 Å². The van der Waals surface area contributed by atoms with E-state index in [1.54, 1.807) is 13.0 Å². The molecule has 114 valence electrons. The number of thiophene rings is 1. The van der Waals surface area contributed by atoms with Crippen LogP contribution in [-0.4, -0.2) is 15.5 Å². The van der Waals surface area contributed by atoms with E-state index in [2.05, 4.69) is 10.0 Å². The molecule has 0 saturated heterocycles. The highest BCUT2D eigenvalue weighted by atomic mass is 35.5. The first-order chi connectivity index (χ1) is 9.94. The molecule has 0 saturated carbocycles. The van der Waals surface area contributed by atoms with Crippen molar-refractivity contribution in [1.82, 2.24) is 10.0 Å². The Kier molecular flexibility index (Phi) is 5.40. The normalized spacial score (nSPS) is 11.8. The summed E-state index contributed by atoms with van der Waals surface area (Å²) in [6.45, 7) is 2.65. The molecule has 7 heteroatoms. The Bertz CT molecular complexity index is 713. The fourth-order valence-electron chi connectivity index (χ4n) is 2.02. The summed E-state index contributed by atoms with van der Waals surface area (Å²) < 4.78 is 27.6. The molecule has 0 spiro atoms. The Balaban J connectivity index is 2.30. The molecule has 2 N–H and O–H groups in total. The summed E-state index contributed by atoms with van der Waals surface area (Å²) in [7, 11) is -1.78. The number of sulfonamides is 1. The van der Waals surface area contributed by atoms with Gasteiger partial charge in [0.1, 0.15) is 0 Å². The van der Waals surface area contributed by atoms with Crippen LogP contribution < -0.4 is 10.0 Å². The molecule has 21 heavy (non-hydrogen) atoms. The van der Waals surface area contributed by atoms with E-state index < -0.39 is 10.0 Å². The minimum Gasteiger partial charge on any atom is -0.316 e. The molecule has 0 fully saturated rings. The van der Waals surface area contributed by atoms with Crippen LogP contribution in [-0.2, 0) is 23.1 Å². The second-order valence-electron chi connectivity index (χ2n) is 4.62. The predicted molar refractivity (Wildman–Crippen MR) is 87.3 cm³/mol. The van der Waals surface area contributed by atoms with E-state index in [1.807, 2.05) is 24.6 Å². The average Bonchev–Trinajstić information content (AvgIpc) is 2.94. The molecule has 0 aliphatic heterocycles. The fourth-order valence-corrected chi connectivity index (χ4v) is 4.38. The molecule has 1 aromatic heterocycles. The SMILES string of the molecule is CNCc1cc(Cl)cc(S(=O)(=O)NCc2cccs2)c1C. The van der Waals surface area contributed by atoms with Crippen LogP contribution in [0.1, 0.15) is 16.0 Å². The van der Waals surface area contributed by atoms with Gasteiger partial charge < -0.3 is 5.32 Å². The minimum absolute atomic E-state index is 0.233. The number of rotatable bonds is 6. The molecule has 0 aliphatic carbocycles. The van der Waals surface area contributed by atoms with Crippen LogP contribution in [0.5, 0.6) is 0 Å². The molecular formula is C14H17ClN2O2S2. The third-order valence-electron chi connectivity index (χ3n) is 3.11. The van der Waals surface area contributed by atoms with Crippen LogP contribution in [0.4, 0.5) is 0 Å². The molecule has 1 aromatic carbocycles. The first-order valence-corrected chi connectivity index (χ1v) is 9.14. The molecule has 0 amide bonds. The highest BCUT2D eigenvalue weighted by molar-refractivity contribution is 7.89. The summed E-state index contributed by atoms with van der Waals surface area (Å²) in [5, 5.41) is 5.35. The third kappa shape index (κ3) is 4.05. The highest BCUT2D eigenvalue weighted by Gasteiger charge is 2.19. The van der Waals surface area contributed by atoms with E-state index in [0.29, 0.717) is 17.1 Å². The zero-order valence-corrected chi connectivity index (χ0v) is 14.2. The topological polar surface area (TPSA) is 58.2 Å². The monoisotopic (exact) mass is 344 g/mol. The van der Waals surface area contributed by atoms with Gasteiger partial charge in [-0.25, -0.2) is 13.1 Å². The Morgan fingerprint density at radius 1 is 1.29 bits per heavy atom. The first-order valence-electron chi connectivity index (χ1n) is 6.39. The maximum atomic E-state index is 12.5. The summed E-state index contributed by atoms with van der Waals surface area (Å²) in [4.78, 5) is 1.20. The van der Waals surface area contributed by atoms with Gasteiger partial charge in [-0.2, -0.15) is 0 Å². The molecule has 0 unspecified atom stereocenters. The van der Waals surface area contributed by atoms with E-state index in [-0.39, 0.29) is 11.4 Å². The Hall–Kier alpha value is -0.920. The summed E-state index contributed by atoms with van der Waals surface area (Å²) in [5.74, 6) is 0. The van der Waals surface area contributed by atoms with E-state index >= 15 is 0 Å². The van der Waals surface area contributed by atoms with Crippen LogP contribution in [0.25, 0.3) is 0 Å². The van der Waals surface area contributed by atoms with Crippen molar-refractivity contribution >= 4 is 33.0 Å². The van der Waals surface area contributed by atoms with Crippen molar-refractivity contribution in [2.75, 3.05) is 7.05 Å². The Labute approximate surface area is 134 Å². The van der Waals surface area contributed by atoms with Crippen molar-refractivity contribution in [2.24, 2.45) is 0 Å². The lowest BCUT2D eigenvalue weighted by atomic mass is 10.1. The lowest BCUT2D eigenvalue weighted by molar-refractivity contribution is 0.581. The van der Waals surface area contributed by atoms with Crippen molar-refractivity contribution in [3.8, 4) is 0 Å². The number of benzene rings is 1. The van der Waals surface area contributed by atoms with Gasteiger partial charge >= 0.3 is 0 Å². The van der Waals surface area contributed by atoms with E-state index in [1.165, 1.54) is 17.4 Å². The number of hydrogen-bond acceptors (Lipinski definition) is 4. The zero-order valence-electron chi connectivity index (χ0n) is 11.8. The summed E-state index contributed by atoms with van der Waals surface area (Å²) in [6, 6.07) is 7.06. The summed E-state index contributed by atoms with van der Waals surface area (Å²) >= 11 is 7.56. The lowest BCUT2D eigenvalue weighted by Crippen LogP contribution is -2.24. The smallest absolute Gasteiger partial charge is 0.241 e. The van der Waals surface area contributed by atoms with E-state index in [4.69, 9.17) is 11.6 Å². The largest absolute Gasteiger partial charge is 0.316 e. The molecule has 0 atom stereocenters. The maximum absolute atomic E-state index is 12.5. The number of halogens is 1. The second kappa shape index (κ2) is 6.89. The molecule has 2 aromatic rings. The number of hydrogen-bond donors (Lipinski definition) is 2. The van der Waals surface area contributed by atoms with Crippen LogP contribution in [0.3, 0.4) is 0 Å². The molecule has 2 rings (SSSR count). The lowest BCUT2D eigenvalue weighted by Gasteiger charge is -2.13. The van der Waals surface area contributed by atoms with Gasteiger partial charge in [-0.1, -0.05) is 17.7 Å². The van der Waals surface area contributed by atoms with Crippen LogP contribution in [0.15, 0.2) is 34.5 Å².